The third-order valence-corrected chi connectivity index (χ3v) is 4.94. The van der Waals surface area contributed by atoms with Gasteiger partial charge in [-0.25, -0.2) is 4.79 Å². The van der Waals surface area contributed by atoms with Crippen LogP contribution in [0.2, 0.25) is 0 Å². The van der Waals surface area contributed by atoms with Crippen molar-refractivity contribution in [3.8, 4) is 0 Å². The summed E-state index contributed by atoms with van der Waals surface area (Å²) in [6, 6.07) is 12.9. The summed E-state index contributed by atoms with van der Waals surface area (Å²) >= 11 is 3.29. The van der Waals surface area contributed by atoms with Crippen molar-refractivity contribution in [3.63, 3.8) is 0 Å². The van der Waals surface area contributed by atoms with E-state index in [-0.39, 0.29) is 17.2 Å². The Morgan fingerprint density at radius 2 is 1.67 bits per heavy atom. The third-order valence-electron chi connectivity index (χ3n) is 3.12. The van der Waals surface area contributed by atoms with E-state index in [1.807, 2.05) is 6.92 Å². The molecule has 0 spiro atoms. The largest absolute Gasteiger partial charge is 0.461 e. The first-order valence-electron chi connectivity index (χ1n) is 7.18. The zero-order chi connectivity index (χ0) is 17.7. The van der Waals surface area contributed by atoms with Gasteiger partial charge in [-0.15, -0.1) is 0 Å². The molecule has 2 aromatic rings. The van der Waals surface area contributed by atoms with Crippen molar-refractivity contribution in [2.45, 2.75) is 18.7 Å². The molecule has 0 aliphatic rings. The van der Waals surface area contributed by atoms with Gasteiger partial charge in [-0.1, -0.05) is 45.8 Å². The quantitative estimate of drug-likeness (QED) is 0.559. The number of carbonyl (C=O) groups is 1. The van der Waals surface area contributed by atoms with E-state index < -0.39 is 16.0 Å². The number of sulfonamides is 1. The minimum atomic E-state index is -4.02. The number of benzene rings is 2. The number of halogens is 1. The minimum Gasteiger partial charge on any atom is -0.461 e. The number of esters is 1. The molecule has 0 heterocycles. The molecule has 0 aromatic heterocycles. The average molecular weight is 410 g/mol. The van der Waals surface area contributed by atoms with E-state index >= 15 is 0 Å². The Bertz CT molecular complexity index is 856. The van der Waals surface area contributed by atoms with Gasteiger partial charge < -0.3 is 4.74 Å². The first kappa shape index (κ1) is 18.4. The molecule has 0 bridgehead atoms. The van der Waals surface area contributed by atoms with Crippen LogP contribution in [0.4, 0.5) is 0 Å². The van der Waals surface area contributed by atoms with Crippen molar-refractivity contribution in [2.75, 3.05) is 6.61 Å². The molecule has 0 unspecified atom stereocenters. The predicted molar refractivity (Wildman–Crippen MR) is 95.7 cm³/mol. The van der Waals surface area contributed by atoms with Crippen LogP contribution in [-0.4, -0.2) is 26.7 Å². The number of ether oxygens (including phenoxy) is 1. The Morgan fingerprint density at radius 1 is 1.08 bits per heavy atom. The maximum Gasteiger partial charge on any atom is 0.358 e. The Balaban J connectivity index is 2.53. The van der Waals surface area contributed by atoms with E-state index in [2.05, 4.69) is 20.3 Å². The molecule has 2 aromatic carbocycles. The molecule has 126 valence electrons. The van der Waals surface area contributed by atoms with Gasteiger partial charge in [0.25, 0.3) is 10.0 Å². The monoisotopic (exact) mass is 409 g/mol. The van der Waals surface area contributed by atoms with Gasteiger partial charge in [0.2, 0.25) is 0 Å². The number of hydrogen-bond acceptors (Lipinski definition) is 4. The predicted octanol–water partition coefficient (Wildman–Crippen LogP) is 3.50. The molecule has 0 atom stereocenters. The highest BCUT2D eigenvalue weighted by molar-refractivity contribution is 9.10. The van der Waals surface area contributed by atoms with Crippen LogP contribution in [0.15, 0.2) is 62.3 Å². The van der Waals surface area contributed by atoms with Crippen molar-refractivity contribution in [2.24, 2.45) is 4.40 Å². The number of hydrogen-bond donors (Lipinski definition) is 0. The van der Waals surface area contributed by atoms with Gasteiger partial charge in [0, 0.05) is 10.0 Å². The van der Waals surface area contributed by atoms with Crippen molar-refractivity contribution in [1.82, 2.24) is 0 Å². The summed E-state index contributed by atoms with van der Waals surface area (Å²) in [6.45, 7) is 3.62. The molecule has 0 amide bonds. The van der Waals surface area contributed by atoms with Gasteiger partial charge in [-0.2, -0.15) is 12.8 Å². The van der Waals surface area contributed by atoms with Crippen LogP contribution < -0.4 is 0 Å². The summed E-state index contributed by atoms with van der Waals surface area (Å²) in [5.41, 5.74) is 1.05. The fourth-order valence-electron chi connectivity index (χ4n) is 1.90. The molecular formula is C17H16BrNO4S. The topological polar surface area (TPSA) is 72.8 Å². The molecular weight excluding hydrogens is 394 g/mol. The van der Waals surface area contributed by atoms with E-state index in [1.165, 1.54) is 12.1 Å². The highest BCUT2D eigenvalue weighted by Gasteiger charge is 2.21. The molecule has 2 rings (SSSR count). The molecule has 5 nitrogen and oxygen atoms in total. The van der Waals surface area contributed by atoms with E-state index in [4.69, 9.17) is 4.74 Å². The molecule has 0 radical (unpaired) electrons. The fourth-order valence-corrected chi connectivity index (χ4v) is 3.17. The van der Waals surface area contributed by atoms with Gasteiger partial charge in [0.1, 0.15) is 0 Å². The summed E-state index contributed by atoms with van der Waals surface area (Å²) in [6.07, 6.45) is 0. The highest BCUT2D eigenvalue weighted by Crippen LogP contribution is 2.17. The van der Waals surface area contributed by atoms with Crippen molar-refractivity contribution >= 4 is 37.6 Å². The molecule has 0 fully saturated rings. The van der Waals surface area contributed by atoms with Gasteiger partial charge >= 0.3 is 5.97 Å². The van der Waals surface area contributed by atoms with Crippen LogP contribution in [0, 0.1) is 6.92 Å². The number of nitrogens with zero attached hydrogens (tertiary/aromatic N) is 1. The Labute approximate surface area is 149 Å². The third kappa shape index (κ3) is 4.52. The van der Waals surface area contributed by atoms with Crippen LogP contribution in [0.1, 0.15) is 18.1 Å². The highest BCUT2D eigenvalue weighted by atomic mass is 79.9. The zero-order valence-electron chi connectivity index (χ0n) is 13.2. The SMILES string of the molecule is CCOC(=O)/C(=N/S(=O)(=O)c1ccc(C)cc1)c1ccc(Br)cc1. The lowest BCUT2D eigenvalue weighted by Crippen LogP contribution is -2.20. The molecule has 0 aliphatic heterocycles. The summed E-state index contributed by atoms with van der Waals surface area (Å²) in [5, 5.41) is 0. The van der Waals surface area contributed by atoms with E-state index in [0.717, 1.165) is 10.0 Å². The van der Waals surface area contributed by atoms with Crippen LogP contribution in [0.25, 0.3) is 0 Å². The second-order valence-corrected chi connectivity index (χ2v) is 7.48. The average Bonchev–Trinajstić information content (AvgIpc) is 2.54. The summed E-state index contributed by atoms with van der Waals surface area (Å²) in [4.78, 5) is 12.2. The second-order valence-electron chi connectivity index (χ2n) is 4.96. The lowest BCUT2D eigenvalue weighted by molar-refractivity contribution is -0.134. The Hall–Kier alpha value is -1.99. The Kier molecular flexibility index (Phi) is 5.90. The van der Waals surface area contributed by atoms with Crippen LogP contribution in [-0.2, 0) is 19.6 Å². The van der Waals surface area contributed by atoms with E-state index in [1.54, 1.807) is 43.3 Å². The van der Waals surface area contributed by atoms with Gasteiger partial charge in [0.15, 0.2) is 5.71 Å². The first-order chi connectivity index (χ1) is 11.3. The molecule has 7 heteroatoms. The summed E-state index contributed by atoms with van der Waals surface area (Å²) in [5.74, 6) is -0.782. The fraction of sp³-hybridized carbons (Fsp3) is 0.176. The minimum absolute atomic E-state index is 0.0204. The normalized spacial score (nSPS) is 12.0. The molecule has 0 saturated carbocycles. The smallest absolute Gasteiger partial charge is 0.358 e. The van der Waals surface area contributed by atoms with Crippen LogP contribution in [0.5, 0.6) is 0 Å². The second kappa shape index (κ2) is 7.72. The first-order valence-corrected chi connectivity index (χ1v) is 9.41. The van der Waals surface area contributed by atoms with Crippen LogP contribution in [0.3, 0.4) is 0 Å². The van der Waals surface area contributed by atoms with Crippen molar-refractivity contribution in [1.29, 1.82) is 0 Å². The van der Waals surface area contributed by atoms with Crippen molar-refractivity contribution < 1.29 is 17.9 Å². The maximum atomic E-state index is 12.5. The maximum absolute atomic E-state index is 12.5. The standard InChI is InChI=1S/C17H16BrNO4S/c1-3-23-17(20)16(13-6-8-14(18)9-7-13)19-24(21,22)15-10-4-12(2)5-11-15/h4-11H,3H2,1-2H3/b19-16+. The number of carbonyl (C=O) groups excluding carboxylic acids is 1. The molecule has 0 aliphatic carbocycles. The number of rotatable bonds is 5. The van der Waals surface area contributed by atoms with E-state index in [9.17, 15) is 13.2 Å². The van der Waals surface area contributed by atoms with Gasteiger partial charge in [-0.3, -0.25) is 0 Å². The summed E-state index contributed by atoms with van der Waals surface area (Å²) in [7, 11) is -4.02. The summed E-state index contributed by atoms with van der Waals surface area (Å²) < 4.78 is 34.5. The lowest BCUT2D eigenvalue weighted by atomic mass is 10.1. The Morgan fingerprint density at radius 3 is 2.21 bits per heavy atom. The zero-order valence-corrected chi connectivity index (χ0v) is 15.6. The lowest BCUT2D eigenvalue weighted by Gasteiger charge is -2.07. The molecule has 0 saturated heterocycles. The van der Waals surface area contributed by atoms with Crippen molar-refractivity contribution in [3.05, 3.63) is 64.1 Å². The van der Waals surface area contributed by atoms with Gasteiger partial charge in [-0.05, 0) is 38.1 Å². The van der Waals surface area contributed by atoms with E-state index in [0.29, 0.717) is 5.56 Å². The van der Waals surface area contributed by atoms with Crippen LogP contribution >= 0.6 is 15.9 Å². The molecule has 24 heavy (non-hydrogen) atoms. The number of aryl methyl sites for hydroxylation is 1. The molecule has 0 N–H and O–H groups in total. The van der Waals surface area contributed by atoms with Gasteiger partial charge in [0.05, 0.1) is 11.5 Å².